The number of nitrogens with one attached hydrogen (secondary N) is 2. The standard InChI is InChI=1S/C20H39N7O.HI/c1-5-7-8-18(6-2)15-22-20(21-9-10-27-11-13-28-14-12-27)23-16-19-25-24-17(3)26(19)4;/h18H,5-16H2,1-4H3,(H2,21,22,23);1H. The number of morpholine rings is 1. The maximum atomic E-state index is 5.42. The summed E-state index contributed by atoms with van der Waals surface area (Å²) < 4.78 is 7.41. The van der Waals surface area contributed by atoms with Gasteiger partial charge in [-0.25, -0.2) is 4.99 Å². The molecule has 9 heteroatoms. The van der Waals surface area contributed by atoms with Crippen LogP contribution in [0.25, 0.3) is 0 Å². The maximum Gasteiger partial charge on any atom is 0.191 e. The lowest BCUT2D eigenvalue weighted by Gasteiger charge is -2.27. The van der Waals surface area contributed by atoms with Gasteiger partial charge in [0, 0.05) is 39.8 Å². The van der Waals surface area contributed by atoms with Crippen LogP contribution >= 0.6 is 24.0 Å². The molecule has 0 bridgehead atoms. The maximum absolute atomic E-state index is 5.42. The molecular weight excluding hydrogens is 481 g/mol. The summed E-state index contributed by atoms with van der Waals surface area (Å²) in [7, 11) is 1.98. The third kappa shape index (κ3) is 9.61. The zero-order valence-corrected chi connectivity index (χ0v) is 20.9. The molecule has 0 spiro atoms. The zero-order valence-electron chi connectivity index (χ0n) is 18.6. The average molecular weight is 521 g/mol. The SMILES string of the molecule is CCCCC(CC)CNC(=NCc1nnc(C)n1C)NCCN1CCOCC1.I. The van der Waals surface area contributed by atoms with Gasteiger partial charge in [-0.05, 0) is 19.3 Å². The van der Waals surface area contributed by atoms with Crippen LogP contribution in [0.3, 0.4) is 0 Å². The van der Waals surface area contributed by atoms with E-state index >= 15 is 0 Å². The molecule has 8 nitrogen and oxygen atoms in total. The number of aromatic nitrogens is 3. The van der Waals surface area contributed by atoms with Crippen LogP contribution in [-0.2, 0) is 18.3 Å². The highest BCUT2D eigenvalue weighted by Crippen LogP contribution is 2.11. The fourth-order valence-corrected chi connectivity index (χ4v) is 3.25. The third-order valence-corrected chi connectivity index (χ3v) is 5.49. The van der Waals surface area contributed by atoms with Crippen LogP contribution in [0.4, 0.5) is 0 Å². The number of unbranched alkanes of at least 4 members (excludes halogenated alkanes) is 1. The number of aliphatic imine (C=N–C) groups is 1. The van der Waals surface area contributed by atoms with Crippen LogP contribution in [0.2, 0.25) is 0 Å². The van der Waals surface area contributed by atoms with Crippen molar-refractivity contribution in [3.05, 3.63) is 11.6 Å². The minimum Gasteiger partial charge on any atom is -0.379 e. The molecule has 1 aromatic rings. The summed E-state index contributed by atoms with van der Waals surface area (Å²) >= 11 is 0. The van der Waals surface area contributed by atoms with Crippen molar-refractivity contribution in [3.63, 3.8) is 0 Å². The zero-order chi connectivity index (χ0) is 20.2. The van der Waals surface area contributed by atoms with Gasteiger partial charge in [-0.1, -0.05) is 33.1 Å². The van der Waals surface area contributed by atoms with E-state index in [1.54, 1.807) is 0 Å². The molecule has 0 aliphatic carbocycles. The summed E-state index contributed by atoms with van der Waals surface area (Å²) in [5.74, 6) is 3.34. The van der Waals surface area contributed by atoms with Crippen molar-refractivity contribution in [2.75, 3.05) is 45.9 Å². The minimum absolute atomic E-state index is 0. The van der Waals surface area contributed by atoms with Gasteiger partial charge in [-0.3, -0.25) is 4.90 Å². The van der Waals surface area contributed by atoms with Gasteiger partial charge in [-0.15, -0.1) is 34.2 Å². The van der Waals surface area contributed by atoms with E-state index in [9.17, 15) is 0 Å². The Balaban J connectivity index is 0.00000420. The summed E-state index contributed by atoms with van der Waals surface area (Å²) in [6, 6.07) is 0. The van der Waals surface area contributed by atoms with E-state index in [1.165, 1.54) is 25.7 Å². The highest BCUT2D eigenvalue weighted by atomic mass is 127. The molecular formula is C20H40IN7O. The molecule has 2 N–H and O–H groups in total. The molecule has 2 rings (SSSR count). The van der Waals surface area contributed by atoms with E-state index in [0.717, 1.165) is 63.5 Å². The molecule has 168 valence electrons. The van der Waals surface area contributed by atoms with Crippen LogP contribution in [0.5, 0.6) is 0 Å². The summed E-state index contributed by atoms with van der Waals surface area (Å²) in [5, 5.41) is 15.4. The largest absolute Gasteiger partial charge is 0.379 e. The van der Waals surface area contributed by atoms with Crippen molar-refractivity contribution < 1.29 is 4.74 Å². The molecule has 0 aromatic carbocycles. The van der Waals surface area contributed by atoms with E-state index in [2.05, 4.69) is 39.6 Å². The summed E-state index contributed by atoms with van der Waals surface area (Å²) in [6.45, 7) is 13.5. The fraction of sp³-hybridized carbons (Fsp3) is 0.850. The van der Waals surface area contributed by atoms with Gasteiger partial charge < -0.3 is 19.9 Å². The van der Waals surface area contributed by atoms with Crippen LogP contribution in [-0.4, -0.2) is 71.6 Å². The normalized spacial score (nSPS) is 16.3. The first-order valence-electron chi connectivity index (χ1n) is 10.8. The van der Waals surface area contributed by atoms with Crippen LogP contribution in [0.1, 0.15) is 51.2 Å². The Morgan fingerprint density at radius 3 is 2.59 bits per heavy atom. The van der Waals surface area contributed by atoms with E-state index in [0.29, 0.717) is 12.5 Å². The van der Waals surface area contributed by atoms with Crippen molar-refractivity contribution in [1.29, 1.82) is 0 Å². The molecule has 1 aliphatic rings. The lowest BCUT2D eigenvalue weighted by atomic mass is 9.99. The topological polar surface area (TPSA) is 79.6 Å². The summed E-state index contributed by atoms with van der Waals surface area (Å²) in [5.41, 5.74) is 0. The molecule has 1 saturated heterocycles. The summed E-state index contributed by atoms with van der Waals surface area (Å²) in [6.07, 6.45) is 5.00. The predicted molar refractivity (Wildman–Crippen MR) is 129 cm³/mol. The van der Waals surface area contributed by atoms with Gasteiger partial charge in [0.25, 0.3) is 0 Å². The number of hydrogen-bond acceptors (Lipinski definition) is 5. The lowest BCUT2D eigenvalue weighted by Crippen LogP contribution is -2.45. The molecule has 1 fully saturated rings. The van der Waals surface area contributed by atoms with Crippen LogP contribution < -0.4 is 10.6 Å². The van der Waals surface area contributed by atoms with Crippen molar-refractivity contribution in [3.8, 4) is 0 Å². The molecule has 0 amide bonds. The molecule has 0 saturated carbocycles. The van der Waals surface area contributed by atoms with Crippen molar-refractivity contribution in [2.45, 2.75) is 53.0 Å². The highest BCUT2D eigenvalue weighted by molar-refractivity contribution is 14.0. The second-order valence-corrected chi connectivity index (χ2v) is 7.57. The predicted octanol–water partition coefficient (Wildman–Crippen LogP) is 2.33. The van der Waals surface area contributed by atoms with Crippen molar-refractivity contribution in [1.82, 2.24) is 30.3 Å². The Hall–Kier alpha value is -0.940. The van der Waals surface area contributed by atoms with Crippen LogP contribution in [0.15, 0.2) is 4.99 Å². The smallest absolute Gasteiger partial charge is 0.191 e. The highest BCUT2D eigenvalue weighted by Gasteiger charge is 2.11. The molecule has 2 heterocycles. The van der Waals surface area contributed by atoms with Gasteiger partial charge >= 0.3 is 0 Å². The number of guanidine groups is 1. The van der Waals surface area contributed by atoms with E-state index in [-0.39, 0.29) is 24.0 Å². The van der Waals surface area contributed by atoms with Gasteiger partial charge in [0.2, 0.25) is 0 Å². The number of halogens is 1. The Morgan fingerprint density at radius 2 is 1.97 bits per heavy atom. The van der Waals surface area contributed by atoms with Crippen molar-refractivity contribution in [2.24, 2.45) is 18.0 Å². The number of hydrogen-bond donors (Lipinski definition) is 2. The van der Waals surface area contributed by atoms with Gasteiger partial charge in [0.15, 0.2) is 11.8 Å². The van der Waals surface area contributed by atoms with E-state index in [4.69, 9.17) is 9.73 Å². The summed E-state index contributed by atoms with van der Waals surface area (Å²) in [4.78, 5) is 7.19. The van der Waals surface area contributed by atoms with Gasteiger partial charge in [-0.2, -0.15) is 0 Å². The molecule has 1 atom stereocenters. The molecule has 1 unspecified atom stereocenters. The molecule has 1 aliphatic heterocycles. The molecule has 29 heavy (non-hydrogen) atoms. The lowest BCUT2D eigenvalue weighted by molar-refractivity contribution is 0.0389. The first-order chi connectivity index (χ1) is 13.6. The Morgan fingerprint density at radius 1 is 1.21 bits per heavy atom. The average Bonchev–Trinajstić information content (AvgIpc) is 3.04. The minimum atomic E-state index is 0. The molecule has 0 radical (unpaired) electrons. The molecule has 1 aromatic heterocycles. The van der Waals surface area contributed by atoms with E-state index in [1.807, 2.05) is 18.5 Å². The second kappa shape index (κ2) is 15.0. The number of ether oxygens (including phenoxy) is 1. The first kappa shape index (κ1) is 26.1. The third-order valence-electron chi connectivity index (χ3n) is 5.49. The van der Waals surface area contributed by atoms with Gasteiger partial charge in [0.05, 0.1) is 13.2 Å². The number of rotatable bonds is 11. The number of aryl methyl sites for hydroxylation is 1. The van der Waals surface area contributed by atoms with Crippen LogP contribution in [0, 0.1) is 12.8 Å². The van der Waals surface area contributed by atoms with E-state index < -0.39 is 0 Å². The van der Waals surface area contributed by atoms with Crippen molar-refractivity contribution >= 4 is 29.9 Å². The van der Waals surface area contributed by atoms with Gasteiger partial charge in [0.1, 0.15) is 12.4 Å². The second-order valence-electron chi connectivity index (χ2n) is 7.57. The Bertz CT molecular complexity index is 587. The Kier molecular flexibility index (Phi) is 13.5. The number of nitrogens with zero attached hydrogens (tertiary/aromatic N) is 5. The first-order valence-corrected chi connectivity index (χ1v) is 10.8. The Labute approximate surface area is 193 Å². The fourth-order valence-electron chi connectivity index (χ4n) is 3.25. The monoisotopic (exact) mass is 521 g/mol. The quantitative estimate of drug-likeness (QED) is 0.265.